The molecule has 1 fully saturated rings. The molecule has 7 N–H and O–H groups in total. The van der Waals surface area contributed by atoms with Crippen molar-refractivity contribution >= 4 is 45.7 Å². The van der Waals surface area contributed by atoms with Crippen molar-refractivity contribution in [3.05, 3.63) is 35.9 Å². The number of aliphatic hydroxyl groups excluding tert-OH is 3. The second-order valence-electron chi connectivity index (χ2n) is 11.7. The molecule has 3 rings (SSSR count). The predicted molar refractivity (Wildman–Crippen MR) is 173 cm³/mol. The third-order valence-electron chi connectivity index (χ3n) is 7.63. The van der Waals surface area contributed by atoms with Crippen molar-refractivity contribution < 1.29 is 81.1 Å². The van der Waals surface area contributed by atoms with Crippen LogP contribution in [0.1, 0.15) is 44.6 Å². The van der Waals surface area contributed by atoms with E-state index in [2.05, 4.69) is 10.6 Å². The number of benzene rings is 1. The van der Waals surface area contributed by atoms with E-state index in [0.29, 0.717) is 24.8 Å². The number of unbranched alkanes of at least 4 members (excludes halogenated alkanes) is 2. The number of amides is 4. The summed E-state index contributed by atoms with van der Waals surface area (Å²) in [5.41, 5.74) is 0.349. The molecule has 2 heterocycles. The Morgan fingerprint density at radius 2 is 1.67 bits per heavy atom. The van der Waals surface area contributed by atoms with Gasteiger partial charge in [0.2, 0.25) is 18.1 Å². The molecular weight excluding hydrogens is 718 g/mol. The zero-order valence-electron chi connectivity index (χ0n) is 27.9. The van der Waals surface area contributed by atoms with Gasteiger partial charge < -0.3 is 50.0 Å². The van der Waals surface area contributed by atoms with Crippen LogP contribution in [0.4, 0.5) is 0 Å². The highest BCUT2D eigenvalue weighted by Crippen LogP contribution is 2.30. The van der Waals surface area contributed by atoms with Crippen LogP contribution in [-0.4, -0.2) is 136 Å². The average Bonchev–Trinajstić information content (AvgIpc) is 3.38. The number of esters is 1. The number of nitrogens with one attached hydrogen (secondary N) is 2. The third-order valence-corrected chi connectivity index (χ3v) is 8.38. The Labute approximate surface area is 297 Å². The number of carboxylic acids is 1. The molecule has 21 heteroatoms. The smallest absolute Gasteiger partial charge is 0.335 e. The number of ether oxygens (including phenoxy) is 4. The Kier molecular flexibility index (Phi) is 15.5. The molecule has 0 saturated carbocycles. The Morgan fingerprint density at radius 3 is 2.31 bits per heavy atom. The lowest BCUT2D eigenvalue weighted by atomic mass is 9.99. The van der Waals surface area contributed by atoms with Gasteiger partial charge in [0.1, 0.15) is 48.2 Å². The van der Waals surface area contributed by atoms with Crippen molar-refractivity contribution in [3.8, 4) is 11.5 Å². The van der Waals surface area contributed by atoms with Crippen LogP contribution in [0.5, 0.6) is 11.5 Å². The monoisotopic (exact) mass is 759 g/mol. The van der Waals surface area contributed by atoms with Gasteiger partial charge in [-0.25, -0.2) is 4.79 Å². The Balaban J connectivity index is 1.52. The van der Waals surface area contributed by atoms with Gasteiger partial charge in [0.05, 0.1) is 6.61 Å². The third kappa shape index (κ3) is 12.8. The standard InChI is InChI=1S/C31H41N3O17S/c1-17(35)49-15-18-7-8-19(50-31-27(41)25(39)26(40)28(51-31)30(43)44)14-21(18)48-13-5-11-32-29(42)20(16-52(45,46)47)33-22(36)6-3-2-4-12-34-23(37)9-10-24(34)38/h7-10,14,20,25-28,31,39-41H,2-6,11-13,15-16H2,1H3,(H,32,42)(H,33,36)(H,43,44)(H,45,46,47)/t20?,25-,26-,27+,28-,31+/m0/s1. The summed E-state index contributed by atoms with van der Waals surface area (Å²) in [4.78, 5) is 72.3. The van der Waals surface area contributed by atoms with Crippen molar-refractivity contribution in [2.24, 2.45) is 0 Å². The van der Waals surface area contributed by atoms with Gasteiger partial charge in [-0.3, -0.25) is 33.4 Å². The van der Waals surface area contributed by atoms with Crippen molar-refractivity contribution in [1.29, 1.82) is 0 Å². The SMILES string of the molecule is CC(=O)OCc1ccc(O[C@@H]2O[C@H](C(=O)O)[C@@H](O)[C@H](O)[C@H]2O)cc1OCCCNC(=O)C(CS(=O)(=O)O)NC(=O)CCCCCN1C(=O)C=CC1=O. The van der Waals surface area contributed by atoms with Gasteiger partial charge in [0, 0.05) is 50.2 Å². The normalized spacial score (nSPS) is 22.1. The van der Waals surface area contributed by atoms with E-state index in [0.717, 1.165) is 17.1 Å². The molecule has 0 aliphatic carbocycles. The van der Waals surface area contributed by atoms with Gasteiger partial charge >= 0.3 is 11.9 Å². The number of rotatable bonds is 20. The Hall–Kier alpha value is -4.67. The van der Waals surface area contributed by atoms with Crippen LogP contribution in [0, 0.1) is 0 Å². The van der Waals surface area contributed by atoms with Crippen LogP contribution in [0.2, 0.25) is 0 Å². The number of nitrogens with zero attached hydrogens (tertiary/aromatic N) is 1. The molecule has 1 saturated heterocycles. The molecule has 6 atom stereocenters. The zero-order valence-corrected chi connectivity index (χ0v) is 28.7. The van der Waals surface area contributed by atoms with Crippen LogP contribution in [0.15, 0.2) is 30.4 Å². The molecule has 1 aromatic carbocycles. The summed E-state index contributed by atoms with van der Waals surface area (Å²) in [6, 6.07) is 2.45. The van der Waals surface area contributed by atoms with Gasteiger partial charge in [-0.2, -0.15) is 8.42 Å². The van der Waals surface area contributed by atoms with Gasteiger partial charge in [0.15, 0.2) is 6.10 Å². The fraction of sp³-hybridized carbons (Fsp3) is 0.548. The molecule has 52 heavy (non-hydrogen) atoms. The number of carbonyl (C=O) groups is 6. The van der Waals surface area contributed by atoms with Crippen LogP contribution in [0.25, 0.3) is 0 Å². The highest BCUT2D eigenvalue weighted by molar-refractivity contribution is 7.85. The molecule has 4 amide bonds. The van der Waals surface area contributed by atoms with E-state index >= 15 is 0 Å². The molecule has 1 aromatic rings. The Morgan fingerprint density at radius 1 is 0.981 bits per heavy atom. The molecule has 288 valence electrons. The van der Waals surface area contributed by atoms with Gasteiger partial charge in [0.25, 0.3) is 21.9 Å². The lowest BCUT2D eigenvalue weighted by molar-refractivity contribution is -0.271. The summed E-state index contributed by atoms with van der Waals surface area (Å²) in [6.45, 7) is 0.936. The summed E-state index contributed by atoms with van der Waals surface area (Å²) >= 11 is 0. The second kappa shape index (κ2) is 19.2. The summed E-state index contributed by atoms with van der Waals surface area (Å²) in [7, 11) is -4.69. The average molecular weight is 760 g/mol. The van der Waals surface area contributed by atoms with E-state index < -0.39 is 88.2 Å². The molecule has 2 aliphatic heterocycles. The molecule has 0 spiro atoms. The molecule has 2 aliphatic rings. The van der Waals surface area contributed by atoms with E-state index in [9.17, 15) is 62.2 Å². The number of imide groups is 1. The number of aliphatic carboxylic acids is 1. The highest BCUT2D eigenvalue weighted by atomic mass is 32.2. The molecule has 0 bridgehead atoms. The minimum absolute atomic E-state index is 0.0375. The minimum Gasteiger partial charge on any atom is -0.493 e. The van der Waals surface area contributed by atoms with E-state index in [1.807, 2.05) is 0 Å². The summed E-state index contributed by atoms with van der Waals surface area (Å²) in [5, 5.41) is 44.2. The van der Waals surface area contributed by atoms with Crippen LogP contribution < -0.4 is 20.1 Å². The molecule has 0 aromatic heterocycles. The van der Waals surface area contributed by atoms with Crippen molar-refractivity contribution in [2.75, 3.05) is 25.4 Å². The fourth-order valence-corrected chi connectivity index (χ4v) is 5.61. The van der Waals surface area contributed by atoms with Crippen LogP contribution in [-0.2, 0) is 55.0 Å². The number of carboxylic acid groups (broad SMARTS) is 1. The summed E-state index contributed by atoms with van der Waals surface area (Å²) in [5.74, 6) is -5.67. The number of aliphatic hydroxyl groups is 3. The van der Waals surface area contributed by atoms with Gasteiger partial charge in [-0.15, -0.1) is 0 Å². The maximum atomic E-state index is 12.8. The summed E-state index contributed by atoms with van der Waals surface area (Å²) < 4.78 is 53.8. The van der Waals surface area contributed by atoms with E-state index in [1.165, 1.54) is 25.1 Å². The first kappa shape index (κ1) is 41.7. The van der Waals surface area contributed by atoms with Crippen molar-refractivity contribution in [3.63, 3.8) is 0 Å². The first-order valence-electron chi connectivity index (χ1n) is 16.0. The number of hydrogen-bond acceptors (Lipinski definition) is 15. The Bertz CT molecular complexity index is 1600. The zero-order chi connectivity index (χ0) is 38.6. The van der Waals surface area contributed by atoms with E-state index in [4.69, 9.17) is 18.9 Å². The van der Waals surface area contributed by atoms with Crippen molar-refractivity contribution in [1.82, 2.24) is 15.5 Å². The van der Waals surface area contributed by atoms with Gasteiger partial charge in [-0.1, -0.05) is 6.42 Å². The first-order valence-corrected chi connectivity index (χ1v) is 17.6. The highest BCUT2D eigenvalue weighted by Gasteiger charge is 2.48. The van der Waals surface area contributed by atoms with E-state index in [-0.39, 0.29) is 50.6 Å². The molecular formula is C31H41N3O17S. The minimum atomic E-state index is -4.69. The topological polar surface area (TPSA) is 302 Å². The second-order valence-corrected chi connectivity index (χ2v) is 13.2. The van der Waals surface area contributed by atoms with Gasteiger partial charge in [-0.05, 0) is 31.4 Å². The quantitative estimate of drug-likeness (QED) is 0.0320. The largest absolute Gasteiger partial charge is 0.493 e. The van der Waals surface area contributed by atoms with E-state index in [1.54, 1.807) is 0 Å². The lowest BCUT2D eigenvalue weighted by Gasteiger charge is -2.38. The predicted octanol–water partition coefficient (Wildman–Crippen LogP) is -2.24. The van der Waals surface area contributed by atoms with Crippen molar-refractivity contribution in [2.45, 2.75) is 82.4 Å². The molecule has 20 nitrogen and oxygen atoms in total. The maximum absolute atomic E-state index is 12.8. The fourth-order valence-electron chi connectivity index (χ4n) is 4.96. The number of hydrogen-bond donors (Lipinski definition) is 7. The lowest BCUT2D eigenvalue weighted by Crippen LogP contribution is -2.61. The summed E-state index contributed by atoms with van der Waals surface area (Å²) in [6.07, 6.45) is -5.78. The number of carbonyl (C=O) groups excluding carboxylic acids is 5. The first-order chi connectivity index (χ1) is 24.5. The van der Waals surface area contributed by atoms with Crippen LogP contribution in [0.3, 0.4) is 0 Å². The molecule has 1 unspecified atom stereocenters. The maximum Gasteiger partial charge on any atom is 0.335 e. The molecule has 0 radical (unpaired) electrons. The van der Waals surface area contributed by atoms with Crippen LogP contribution >= 0.6 is 0 Å².